The van der Waals surface area contributed by atoms with Gasteiger partial charge in [0, 0.05) is 22.7 Å². The van der Waals surface area contributed by atoms with Crippen molar-refractivity contribution in [2.24, 2.45) is 0 Å². The summed E-state index contributed by atoms with van der Waals surface area (Å²) in [7, 11) is 0. The summed E-state index contributed by atoms with van der Waals surface area (Å²) in [4.78, 5) is 18.8. The van der Waals surface area contributed by atoms with E-state index in [0.717, 1.165) is 39.7 Å². The molecular formula is C22H15N5OS2. The van der Waals surface area contributed by atoms with Gasteiger partial charge in [-0.3, -0.25) is 15.3 Å². The van der Waals surface area contributed by atoms with Crippen LogP contribution >= 0.6 is 23.1 Å². The molecule has 1 aliphatic rings. The molecule has 0 atom stereocenters. The molecule has 0 aliphatic carbocycles. The number of thiazole rings is 1. The minimum Gasteiger partial charge on any atom is -0.278 e. The summed E-state index contributed by atoms with van der Waals surface area (Å²) in [6.45, 7) is 0. The van der Waals surface area contributed by atoms with E-state index >= 15 is 0 Å². The summed E-state index contributed by atoms with van der Waals surface area (Å²) >= 11 is 2.46. The Morgan fingerprint density at radius 3 is 2.47 bits per heavy atom. The second-order valence-electron chi connectivity index (χ2n) is 6.51. The molecule has 1 fully saturated rings. The third-order valence-electron chi connectivity index (χ3n) is 4.67. The average molecular weight is 430 g/mol. The molecule has 1 aliphatic heterocycles. The lowest BCUT2D eigenvalue weighted by Crippen LogP contribution is -2.27. The Hall–Kier alpha value is -3.49. The number of rotatable bonds is 4. The van der Waals surface area contributed by atoms with Crippen molar-refractivity contribution in [1.29, 1.82) is 5.41 Å². The van der Waals surface area contributed by atoms with Crippen molar-refractivity contribution in [3.8, 4) is 22.4 Å². The van der Waals surface area contributed by atoms with Gasteiger partial charge in [-0.2, -0.15) is 5.10 Å². The number of amides is 1. The van der Waals surface area contributed by atoms with Crippen molar-refractivity contribution < 1.29 is 4.79 Å². The van der Waals surface area contributed by atoms with E-state index in [-0.39, 0.29) is 11.1 Å². The van der Waals surface area contributed by atoms with Gasteiger partial charge in [0.15, 0.2) is 10.3 Å². The fraction of sp³-hybridized carbons (Fsp3) is 0. The van der Waals surface area contributed by atoms with Gasteiger partial charge in [0.05, 0.1) is 16.8 Å². The number of anilines is 1. The zero-order chi connectivity index (χ0) is 20.5. The van der Waals surface area contributed by atoms with Gasteiger partial charge < -0.3 is 0 Å². The second kappa shape index (κ2) is 7.74. The van der Waals surface area contributed by atoms with Crippen LogP contribution in [-0.2, 0) is 4.79 Å². The number of carbonyl (C=O) groups is 1. The summed E-state index contributed by atoms with van der Waals surface area (Å²) < 4.78 is 0. The standard InChI is InChI=1S/C22H15N5OS2/c23-21-27(22-24-10-11-29-22)20(28)18(30-21)12-17-13-25-26-19(17)16-8-6-15(7-9-16)14-4-2-1-3-5-14/h1-13,23H,(H,25,26). The SMILES string of the molecule is N=C1SC(=Cc2cn[nH]c2-c2ccc(-c3ccccc3)cc2)C(=O)N1c1nccs1. The average Bonchev–Trinajstić information content (AvgIpc) is 3.51. The number of hydrogen-bond acceptors (Lipinski definition) is 6. The molecule has 5 rings (SSSR count). The molecule has 6 nitrogen and oxygen atoms in total. The zero-order valence-corrected chi connectivity index (χ0v) is 17.2. The second-order valence-corrected chi connectivity index (χ2v) is 8.42. The fourth-order valence-electron chi connectivity index (χ4n) is 3.22. The first-order valence-electron chi connectivity index (χ1n) is 9.12. The van der Waals surface area contributed by atoms with E-state index < -0.39 is 0 Å². The molecule has 3 heterocycles. The number of thioether (sulfide) groups is 1. The lowest BCUT2D eigenvalue weighted by atomic mass is 10.0. The lowest BCUT2D eigenvalue weighted by Gasteiger charge is -2.09. The molecule has 0 radical (unpaired) electrons. The number of carbonyl (C=O) groups excluding carboxylic acids is 1. The summed E-state index contributed by atoms with van der Waals surface area (Å²) in [6, 6.07) is 18.4. The predicted molar refractivity (Wildman–Crippen MR) is 122 cm³/mol. The maximum atomic E-state index is 12.8. The molecule has 30 heavy (non-hydrogen) atoms. The first-order chi connectivity index (χ1) is 14.7. The van der Waals surface area contributed by atoms with Crippen LogP contribution in [0.4, 0.5) is 5.13 Å². The van der Waals surface area contributed by atoms with Crippen LogP contribution in [0.3, 0.4) is 0 Å². The number of nitrogens with zero attached hydrogens (tertiary/aromatic N) is 3. The van der Waals surface area contributed by atoms with Crippen LogP contribution in [0.1, 0.15) is 5.56 Å². The third-order valence-corrected chi connectivity index (χ3v) is 6.32. The summed E-state index contributed by atoms with van der Waals surface area (Å²) in [5.74, 6) is -0.244. The Morgan fingerprint density at radius 1 is 1.00 bits per heavy atom. The number of benzene rings is 2. The summed E-state index contributed by atoms with van der Waals surface area (Å²) in [5, 5.41) is 17.8. The van der Waals surface area contributed by atoms with Crippen molar-refractivity contribution in [3.05, 3.63) is 82.8 Å². The van der Waals surface area contributed by atoms with E-state index in [4.69, 9.17) is 5.41 Å². The van der Waals surface area contributed by atoms with Crippen molar-refractivity contribution >= 4 is 45.4 Å². The highest BCUT2D eigenvalue weighted by atomic mass is 32.2. The first kappa shape index (κ1) is 18.5. The molecule has 2 N–H and O–H groups in total. The highest BCUT2D eigenvalue weighted by molar-refractivity contribution is 8.19. The van der Waals surface area contributed by atoms with E-state index in [1.165, 1.54) is 16.2 Å². The highest BCUT2D eigenvalue weighted by Gasteiger charge is 2.35. The van der Waals surface area contributed by atoms with E-state index in [0.29, 0.717) is 10.0 Å². The molecule has 146 valence electrons. The van der Waals surface area contributed by atoms with E-state index in [9.17, 15) is 4.79 Å². The van der Waals surface area contributed by atoms with E-state index in [2.05, 4.69) is 39.4 Å². The van der Waals surface area contributed by atoms with Crippen molar-refractivity contribution in [2.75, 3.05) is 4.90 Å². The lowest BCUT2D eigenvalue weighted by molar-refractivity contribution is -0.113. The minimum atomic E-state index is -0.244. The molecule has 1 saturated heterocycles. The Kier molecular flexibility index (Phi) is 4.78. The molecule has 2 aromatic carbocycles. The molecular weight excluding hydrogens is 414 g/mol. The van der Waals surface area contributed by atoms with Crippen molar-refractivity contribution in [3.63, 3.8) is 0 Å². The molecule has 0 unspecified atom stereocenters. The van der Waals surface area contributed by atoms with Gasteiger partial charge in [0.2, 0.25) is 0 Å². The number of nitrogens with one attached hydrogen (secondary N) is 2. The number of aromatic nitrogens is 3. The van der Waals surface area contributed by atoms with Crippen LogP contribution in [0.2, 0.25) is 0 Å². The van der Waals surface area contributed by atoms with Crippen LogP contribution in [0, 0.1) is 5.41 Å². The third kappa shape index (κ3) is 3.36. The number of aromatic amines is 1. The summed E-state index contributed by atoms with van der Waals surface area (Å²) in [5.41, 5.74) is 4.89. The fourth-order valence-corrected chi connectivity index (χ4v) is 4.76. The van der Waals surface area contributed by atoms with Gasteiger partial charge in [-0.1, -0.05) is 54.6 Å². The molecule has 8 heteroatoms. The van der Waals surface area contributed by atoms with Gasteiger partial charge >= 0.3 is 0 Å². The summed E-state index contributed by atoms with van der Waals surface area (Å²) in [6.07, 6.45) is 5.09. The van der Waals surface area contributed by atoms with Crippen LogP contribution in [-0.4, -0.2) is 26.3 Å². The largest absolute Gasteiger partial charge is 0.278 e. The molecule has 4 aromatic rings. The van der Waals surface area contributed by atoms with Crippen molar-refractivity contribution in [2.45, 2.75) is 0 Å². The molecule has 2 aromatic heterocycles. The molecule has 1 amide bonds. The zero-order valence-electron chi connectivity index (χ0n) is 15.6. The Labute approximate surface area is 180 Å². The molecule has 0 saturated carbocycles. The van der Waals surface area contributed by atoms with Crippen LogP contribution < -0.4 is 4.90 Å². The first-order valence-corrected chi connectivity index (χ1v) is 10.8. The van der Waals surface area contributed by atoms with Crippen LogP contribution in [0.15, 0.2) is 77.3 Å². The maximum absolute atomic E-state index is 12.8. The predicted octanol–water partition coefficient (Wildman–Crippen LogP) is 5.26. The van der Waals surface area contributed by atoms with Gasteiger partial charge in [0.25, 0.3) is 5.91 Å². The highest BCUT2D eigenvalue weighted by Crippen LogP contribution is 2.37. The number of H-pyrrole nitrogens is 1. The Balaban J connectivity index is 1.44. The van der Waals surface area contributed by atoms with Crippen LogP contribution in [0.25, 0.3) is 28.5 Å². The van der Waals surface area contributed by atoms with Crippen molar-refractivity contribution in [1.82, 2.24) is 15.2 Å². The van der Waals surface area contributed by atoms with E-state index in [1.807, 2.05) is 30.3 Å². The van der Waals surface area contributed by atoms with E-state index in [1.54, 1.807) is 23.8 Å². The topological polar surface area (TPSA) is 85.7 Å². The molecule has 0 bridgehead atoms. The van der Waals surface area contributed by atoms with Gasteiger partial charge in [-0.25, -0.2) is 9.88 Å². The van der Waals surface area contributed by atoms with Gasteiger partial charge in [0.1, 0.15) is 0 Å². The maximum Gasteiger partial charge on any atom is 0.273 e. The van der Waals surface area contributed by atoms with Gasteiger partial charge in [-0.15, -0.1) is 11.3 Å². The normalized spacial score (nSPS) is 15.3. The Morgan fingerprint density at radius 2 is 1.73 bits per heavy atom. The van der Waals surface area contributed by atoms with Crippen LogP contribution in [0.5, 0.6) is 0 Å². The monoisotopic (exact) mass is 429 g/mol. The Bertz CT molecular complexity index is 1240. The smallest absolute Gasteiger partial charge is 0.273 e. The number of hydrogen-bond donors (Lipinski definition) is 2. The number of amidine groups is 1. The quantitative estimate of drug-likeness (QED) is 0.434. The molecule has 0 spiro atoms. The van der Waals surface area contributed by atoms with Gasteiger partial charge in [-0.05, 0) is 29.0 Å². The minimum absolute atomic E-state index is 0.151.